The maximum atomic E-state index is 9.90. The van der Waals surface area contributed by atoms with Crippen LogP contribution in [-0.4, -0.2) is 11.7 Å². The van der Waals surface area contributed by atoms with Gasteiger partial charge in [-0.2, -0.15) is 5.26 Å². The summed E-state index contributed by atoms with van der Waals surface area (Å²) in [5.74, 6) is 1.52. The van der Waals surface area contributed by atoms with Gasteiger partial charge >= 0.3 is 0 Å². The van der Waals surface area contributed by atoms with E-state index in [0.29, 0.717) is 5.84 Å². The molecule has 1 heterocycles. The van der Waals surface area contributed by atoms with Gasteiger partial charge in [0.05, 0.1) is 11.6 Å². The van der Waals surface area contributed by atoms with Crippen LogP contribution in [0.1, 0.15) is 90.1 Å². The van der Waals surface area contributed by atoms with Crippen LogP contribution in [0.2, 0.25) is 0 Å². The Hall–Kier alpha value is -7.35. The number of hydrogen-bond donors (Lipinski definition) is 1. The molecule has 1 aliphatic heterocycles. The van der Waals surface area contributed by atoms with Gasteiger partial charge in [-0.1, -0.05) is 177 Å². The molecule has 0 aromatic heterocycles. The third-order valence-electron chi connectivity index (χ3n) is 13.5. The molecule has 0 amide bonds. The maximum absolute atomic E-state index is 9.90. The van der Waals surface area contributed by atoms with Gasteiger partial charge in [-0.15, -0.1) is 0 Å². The van der Waals surface area contributed by atoms with Gasteiger partial charge in [0, 0.05) is 16.5 Å². The summed E-state index contributed by atoms with van der Waals surface area (Å²) in [7, 11) is 0. The van der Waals surface area contributed by atoms with Crippen LogP contribution in [0.4, 0.5) is 0 Å². The molecule has 1 unspecified atom stereocenters. The van der Waals surface area contributed by atoms with Gasteiger partial charge in [0.1, 0.15) is 12.0 Å². The van der Waals surface area contributed by atoms with Crippen molar-refractivity contribution in [2.45, 2.75) is 56.5 Å². The van der Waals surface area contributed by atoms with E-state index in [1.807, 2.05) is 12.1 Å². The van der Waals surface area contributed by atoms with Gasteiger partial charge in [0.2, 0.25) is 0 Å². The second kappa shape index (κ2) is 15.9. The van der Waals surface area contributed by atoms with E-state index in [4.69, 9.17) is 9.98 Å². The molecule has 298 valence electrons. The molecule has 7 aromatic rings. The van der Waals surface area contributed by atoms with E-state index < -0.39 is 0 Å². The molecular weight excluding hydrogens is 753 g/mol. The molecule has 1 saturated carbocycles. The SMILES string of the molecule is N#Cc1ccc2c(c1)-c1c(-c3cccc(-c4ccc(-c5cccc(C6=NC(c7ccccc7)NC(c7ccc(C8=CC=CCC8)cc7)=N6)c5)cc4)c3)cccc1C21CCCCC1. The fourth-order valence-electron chi connectivity index (χ4n) is 10.3. The predicted molar refractivity (Wildman–Crippen MR) is 255 cm³/mol. The Kier molecular flexibility index (Phi) is 9.66. The molecule has 0 radical (unpaired) electrons. The van der Waals surface area contributed by atoms with E-state index in [9.17, 15) is 5.26 Å². The van der Waals surface area contributed by atoms with Crippen molar-refractivity contribution in [3.8, 4) is 50.6 Å². The van der Waals surface area contributed by atoms with E-state index >= 15 is 0 Å². The lowest BCUT2D eigenvalue weighted by atomic mass is 9.67. The van der Waals surface area contributed by atoms with E-state index in [2.05, 4.69) is 181 Å². The fraction of sp³-hybridized carbons (Fsp3) is 0.155. The third kappa shape index (κ3) is 6.81. The lowest BCUT2D eigenvalue weighted by molar-refractivity contribution is 0.353. The average Bonchev–Trinajstić information content (AvgIpc) is 3.62. The van der Waals surface area contributed by atoms with E-state index in [-0.39, 0.29) is 11.6 Å². The van der Waals surface area contributed by atoms with Crippen LogP contribution in [0, 0.1) is 11.3 Å². The molecule has 0 saturated heterocycles. The second-order valence-corrected chi connectivity index (χ2v) is 17.1. The summed E-state index contributed by atoms with van der Waals surface area (Å²) in [6.45, 7) is 0. The van der Waals surface area contributed by atoms with Crippen molar-refractivity contribution in [2.24, 2.45) is 9.98 Å². The minimum Gasteiger partial charge on any atom is -0.344 e. The van der Waals surface area contributed by atoms with Crippen molar-refractivity contribution in [1.82, 2.24) is 5.32 Å². The zero-order chi connectivity index (χ0) is 41.5. The quantitative estimate of drug-likeness (QED) is 0.175. The van der Waals surface area contributed by atoms with Crippen molar-refractivity contribution in [3.05, 3.63) is 221 Å². The molecule has 1 atom stereocenters. The van der Waals surface area contributed by atoms with Crippen molar-refractivity contribution < 1.29 is 0 Å². The Morgan fingerprint density at radius 1 is 0.565 bits per heavy atom. The van der Waals surface area contributed by atoms with E-state index in [1.165, 1.54) is 74.9 Å². The predicted octanol–water partition coefficient (Wildman–Crippen LogP) is 14.0. The number of benzene rings is 7. The van der Waals surface area contributed by atoms with Gasteiger partial charge in [-0.3, -0.25) is 0 Å². The van der Waals surface area contributed by atoms with Gasteiger partial charge in [0.15, 0.2) is 5.84 Å². The lowest BCUT2D eigenvalue weighted by Crippen LogP contribution is -2.33. The Labute approximate surface area is 364 Å². The highest BCUT2D eigenvalue weighted by Gasteiger charge is 2.44. The topological polar surface area (TPSA) is 60.5 Å². The molecule has 7 aromatic carbocycles. The molecule has 4 aliphatic rings. The number of rotatable bonds is 7. The van der Waals surface area contributed by atoms with Crippen LogP contribution in [-0.2, 0) is 5.41 Å². The zero-order valence-electron chi connectivity index (χ0n) is 34.7. The Balaban J connectivity index is 0.899. The summed E-state index contributed by atoms with van der Waals surface area (Å²) in [5.41, 5.74) is 18.9. The fourth-order valence-corrected chi connectivity index (χ4v) is 10.3. The maximum Gasteiger partial charge on any atom is 0.159 e. The number of aliphatic imine (C=N–C) groups is 2. The molecule has 11 rings (SSSR count). The molecule has 1 fully saturated rings. The van der Waals surface area contributed by atoms with Gasteiger partial charge in [-0.05, 0) is 122 Å². The summed E-state index contributed by atoms with van der Waals surface area (Å²) in [6, 6.07) is 61.3. The molecule has 3 aliphatic carbocycles. The van der Waals surface area contributed by atoms with E-state index in [0.717, 1.165) is 64.9 Å². The molecule has 62 heavy (non-hydrogen) atoms. The highest BCUT2D eigenvalue weighted by Crippen LogP contribution is 2.58. The molecule has 1 N–H and O–H groups in total. The third-order valence-corrected chi connectivity index (χ3v) is 13.5. The number of allylic oxidation sites excluding steroid dienone is 4. The first-order valence-electron chi connectivity index (χ1n) is 22.1. The molecule has 1 spiro atoms. The zero-order valence-corrected chi connectivity index (χ0v) is 34.7. The molecule has 4 heteroatoms. The van der Waals surface area contributed by atoms with Gasteiger partial charge in [0.25, 0.3) is 0 Å². The number of nitrogens with one attached hydrogen (secondary N) is 1. The molecular formula is C58H46N4. The number of hydrogen-bond acceptors (Lipinski definition) is 4. The largest absolute Gasteiger partial charge is 0.344 e. The minimum atomic E-state index is -0.265. The minimum absolute atomic E-state index is 0.0350. The molecule has 0 bridgehead atoms. The van der Waals surface area contributed by atoms with Crippen LogP contribution in [0.25, 0.3) is 50.1 Å². The number of nitriles is 1. The van der Waals surface area contributed by atoms with Crippen molar-refractivity contribution in [3.63, 3.8) is 0 Å². The summed E-state index contributed by atoms with van der Waals surface area (Å²) in [5, 5.41) is 13.5. The summed E-state index contributed by atoms with van der Waals surface area (Å²) < 4.78 is 0. The van der Waals surface area contributed by atoms with Crippen LogP contribution in [0.5, 0.6) is 0 Å². The van der Waals surface area contributed by atoms with Crippen molar-refractivity contribution in [2.75, 3.05) is 0 Å². The number of amidine groups is 2. The first-order chi connectivity index (χ1) is 30.6. The van der Waals surface area contributed by atoms with Crippen LogP contribution >= 0.6 is 0 Å². The van der Waals surface area contributed by atoms with Crippen LogP contribution in [0.15, 0.2) is 192 Å². The smallest absolute Gasteiger partial charge is 0.159 e. The summed E-state index contributed by atoms with van der Waals surface area (Å²) in [6.07, 6.45) is 14.6. The van der Waals surface area contributed by atoms with Crippen molar-refractivity contribution in [1.29, 1.82) is 5.26 Å². The monoisotopic (exact) mass is 798 g/mol. The summed E-state index contributed by atoms with van der Waals surface area (Å²) in [4.78, 5) is 10.3. The Bertz CT molecular complexity index is 3010. The normalized spacial score (nSPS) is 17.2. The van der Waals surface area contributed by atoms with Crippen molar-refractivity contribution >= 4 is 17.2 Å². The first kappa shape index (κ1) is 37.6. The second-order valence-electron chi connectivity index (χ2n) is 17.1. The molecule has 4 nitrogen and oxygen atoms in total. The van der Waals surface area contributed by atoms with Crippen LogP contribution in [0.3, 0.4) is 0 Å². The number of fused-ring (bicyclic) bond motifs is 5. The van der Waals surface area contributed by atoms with Gasteiger partial charge in [-0.25, -0.2) is 9.98 Å². The average molecular weight is 799 g/mol. The lowest BCUT2D eigenvalue weighted by Gasteiger charge is -2.36. The Morgan fingerprint density at radius 3 is 1.97 bits per heavy atom. The highest BCUT2D eigenvalue weighted by molar-refractivity contribution is 6.13. The van der Waals surface area contributed by atoms with Gasteiger partial charge < -0.3 is 5.32 Å². The number of nitrogens with zero attached hydrogens (tertiary/aromatic N) is 3. The highest BCUT2D eigenvalue weighted by atomic mass is 15.2. The van der Waals surface area contributed by atoms with E-state index in [1.54, 1.807) is 0 Å². The van der Waals surface area contributed by atoms with Crippen LogP contribution < -0.4 is 5.32 Å². The first-order valence-corrected chi connectivity index (χ1v) is 22.1. The summed E-state index contributed by atoms with van der Waals surface area (Å²) >= 11 is 0. The Morgan fingerprint density at radius 2 is 1.24 bits per heavy atom. The standard InChI is InChI=1S/C58H46N4/c59-38-39-23-32-52-51(35-39)54-50(21-12-22-53(54)58(52)33-8-3-9-34-58)48-19-10-17-46(36-48)42-24-26-43(27-25-42)47-18-11-20-49(37-47)57-61-55(44-15-6-2-7-16-44)60-56(62-57)45-30-28-41(29-31-45)40-13-4-1-5-14-40/h1-2,4,6-7,10-13,15-32,35-37,55H,3,5,8-9,14,33-34H2,(H,60,61,62).